The molecule has 0 saturated carbocycles. The van der Waals surface area contributed by atoms with Crippen LogP contribution >= 0.6 is 0 Å². The maximum absolute atomic E-state index is 16.5. The minimum Gasteiger partial charge on any atom is -0.371 e. The van der Waals surface area contributed by atoms with Gasteiger partial charge in [-0.1, -0.05) is 78.0 Å². The Hall–Kier alpha value is -1.09. The van der Waals surface area contributed by atoms with Crippen LogP contribution < -0.4 is 0 Å². The van der Waals surface area contributed by atoms with Crippen molar-refractivity contribution >= 4 is 8.41 Å². The lowest BCUT2D eigenvalue weighted by atomic mass is 10.2. The molecule has 1 aromatic carbocycles. The number of halogens is 1. The summed E-state index contributed by atoms with van der Waals surface area (Å²) < 4.78 is 16.5. The molecular weight excluding hydrogens is 289 g/mol. The van der Waals surface area contributed by atoms with Crippen LogP contribution in [-0.4, -0.2) is 19.9 Å². The van der Waals surface area contributed by atoms with Gasteiger partial charge in [0.1, 0.15) is 0 Å². The molecular formula is C19H30FNSi. The van der Waals surface area contributed by atoms with E-state index in [0.29, 0.717) is 0 Å². The Morgan fingerprint density at radius 3 is 2.05 bits per heavy atom. The van der Waals surface area contributed by atoms with Crippen molar-refractivity contribution in [3.63, 3.8) is 0 Å². The maximum Gasteiger partial charge on any atom is 0.303 e. The number of rotatable bonds is 3. The van der Waals surface area contributed by atoms with Crippen molar-refractivity contribution in [2.24, 2.45) is 0 Å². The van der Waals surface area contributed by atoms with E-state index in [9.17, 15) is 0 Å². The SMILES string of the molecule is CC(C)(C)[Si](F)(C1=CCCN1Cc1ccccc1)C(C)(C)C. The first kappa shape index (κ1) is 17.3. The highest BCUT2D eigenvalue weighted by molar-refractivity contribution is 6.85. The van der Waals surface area contributed by atoms with Gasteiger partial charge in [0.2, 0.25) is 0 Å². The second-order valence-corrected chi connectivity index (χ2v) is 13.3. The highest BCUT2D eigenvalue weighted by Gasteiger charge is 2.59. The summed E-state index contributed by atoms with van der Waals surface area (Å²) >= 11 is 0. The molecule has 22 heavy (non-hydrogen) atoms. The fourth-order valence-electron chi connectivity index (χ4n) is 3.83. The molecule has 0 fully saturated rings. The molecule has 0 amide bonds. The minimum atomic E-state index is -3.15. The first-order chi connectivity index (χ1) is 10.1. The van der Waals surface area contributed by atoms with E-state index in [2.05, 4.69) is 76.8 Å². The fourth-order valence-corrected chi connectivity index (χ4v) is 8.67. The first-order valence-corrected chi connectivity index (χ1v) is 10.1. The molecule has 0 aliphatic carbocycles. The van der Waals surface area contributed by atoms with Crippen LogP contribution in [0.2, 0.25) is 10.1 Å². The van der Waals surface area contributed by atoms with Crippen LogP contribution in [0.5, 0.6) is 0 Å². The zero-order chi connectivity index (χ0) is 16.6. The van der Waals surface area contributed by atoms with E-state index >= 15 is 4.11 Å². The molecule has 1 heterocycles. The summed E-state index contributed by atoms with van der Waals surface area (Å²) in [5, 5.41) is 0.392. The standard InChI is InChI=1S/C19H30FNSi/c1-18(2,3)22(20,19(4,5)6)17-13-10-14-21(17)15-16-11-8-7-9-12-16/h7-9,11-13H,10,14-15H2,1-6H3. The number of hydrogen-bond acceptors (Lipinski definition) is 1. The van der Waals surface area contributed by atoms with Gasteiger partial charge in [-0.15, -0.1) is 0 Å². The van der Waals surface area contributed by atoms with Gasteiger partial charge in [-0.25, -0.2) is 0 Å². The Labute approximate surface area is 136 Å². The van der Waals surface area contributed by atoms with E-state index in [1.54, 1.807) is 0 Å². The molecule has 0 saturated heterocycles. The molecule has 1 aliphatic rings. The largest absolute Gasteiger partial charge is 0.371 e. The average Bonchev–Trinajstić information content (AvgIpc) is 2.84. The van der Waals surface area contributed by atoms with Gasteiger partial charge in [0, 0.05) is 18.4 Å². The Morgan fingerprint density at radius 2 is 1.55 bits per heavy atom. The van der Waals surface area contributed by atoms with Gasteiger partial charge in [-0.05, 0) is 22.1 Å². The van der Waals surface area contributed by atoms with Gasteiger partial charge < -0.3 is 9.01 Å². The Morgan fingerprint density at radius 1 is 1.00 bits per heavy atom. The maximum atomic E-state index is 16.5. The van der Waals surface area contributed by atoms with Gasteiger partial charge in [0.05, 0.1) is 0 Å². The van der Waals surface area contributed by atoms with E-state index in [-0.39, 0.29) is 10.1 Å². The predicted octanol–water partition coefficient (Wildman–Crippen LogP) is 5.83. The van der Waals surface area contributed by atoms with E-state index in [1.165, 1.54) is 5.56 Å². The summed E-state index contributed by atoms with van der Waals surface area (Å²) in [6.45, 7) is 14.2. The third-order valence-electron chi connectivity index (χ3n) is 4.71. The van der Waals surface area contributed by atoms with Crippen LogP contribution in [-0.2, 0) is 6.54 Å². The van der Waals surface area contributed by atoms with Gasteiger partial charge >= 0.3 is 8.41 Å². The molecule has 1 aliphatic heterocycles. The minimum absolute atomic E-state index is 0.309. The van der Waals surface area contributed by atoms with Crippen LogP contribution in [0.25, 0.3) is 0 Å². The van der Waals surface area contributed by atoms with Gasteiger partial charge in [-0.2, -0.15) is 0 Å². The molecule has 0 N–H and O–H groups in total. The molecule has 3 heteroatoms. The van der Waals surface area contributed by atoms with Crippen LogP contribution in [0.1, 0.15) is 53.5 Å². The molecule has 122 valence electrons. The van der Waals surface area contributed by atoms with Crippen LogP contribution in [0, 0.1) is 0 Å². The summed E-state index contributed by atoms with van der Waals surface area (Å²) in [7, 11) is -3.15. The molecule has 0 aromatic heterocycles. The number of hydrogen-bond donors (Lipinski definition) is 0. The molecule has 0 bridgehead atoms. The molecule has 0 spiro atoms. The highest BCUT2D eigenvalue weighted by atomic mass is 28.4. The second kappa shape index (κ2) is 5.84. The number of nitrogens with zero attached hydrogens (tertiary/aromatic N) is 1. The van der Waals surface area contributed by atoms with Crippen LogP contribution in [0.3, 0.4) is 0 Å². The zero-order valence-electron chi connectivity index (χ0n) is 14.9. The Bertz CT molecular complexity index is 523. The normalized spacial score (nSPS) is 16.9. The summed E-state index contributed by atoms with van der Waals surface area (Å²) in [5.74, 6) is 0. The van der Waals surface area contributed by atoms with Gasteiger partial charge in [-0.3, -0.25) is 0 Å². The fraction of sp³-hybridized carbons (Fsp3) is 0.579. The third-order valence-corrected chi connectivity index (χ3v) is 10.1. The first-order valence-electron chi connectivity index (χ1n) is 8.26. The van der Waals surface area contributed by atoms with Crippen LogP contribution in [0.4, 0.5) is 4.11 Å². The second-order valence-electron chi connectivity index (χ2n) is 8.44. The van der Waals surface area contributed by atoms with Gasteiger partial charge in [0.25, 0.3) is 0 Å². The third kappa shape index (κ3) is 3.01. The molecule has 0 radical (unpaired) electrons. The lowest BCUT2D eigenvalue weighted by molar-refractivity contribution is 0.365. The summed E-state index contributed by atoms with van der Waals surface area (Å²) in [6.07, 6.45) is 3.14. The lowest BCUT2D eigenvalue weighted by Crippen LogP contribution is -2.53. The molecule has 0 atom stereocenters. The van der Waals surface area contributed by atoms with Crippen molar-refractivity contribution in [1.82, 2.24) is 4.90 Å². The van der Waals surface area contributed by atoms with Crippen molar-refractivity contribution in [1.29, 1.82) is 0 Å². The summed E-state index contributed by atoms with van der Waals surface area (Å²) in [5.41, 5.74) is 1.26. The van der Waals surface area contributed by atoms with E-state index in [1.807, 2.05) is 6.07 Å². The summed E-state index contributed by atoms with van der Waals surface area (Å²) in [4.78, 5) is 2.29. The Balaban J connectivity index is 2.36. The van der Waals surface area contributed by atoms with Crippen LogP contribution in [0.15, 0.2) is 41.7 Å². The van der Waals surface area contributed by atoms with Crippen molar-refractivity contribution in [2.45, 2.75) is 64.6 Å². The van der Waals surface area contributed by atoms with Crippen molar-refractivity contribution in [2.75, 3.05) is 6.54 Å². The van der Waals surface area contributed by atoms with Crippen molar-refractivity contribution < 1.29 is 4.11 Å². The van der Waals surface area contributed by atoms with E-state index in [0.717, 1.165) is 24.8 Å². The lowest BCUT2D eigenvalue weighted by Gasteiger charge is -2.47. The monoisotopic (exact) mass is 319 g/mol. The molecule has 0 unspecified atom stereocenters. The smallest absolute Gasteiger partial charge is 0.303 e. The van der Waals surface area contributed by atoms with Crippen molar-refractivity contribution in [3.8, 4) is 0 Å². The molecule has 1 nitrogen and oxygen atoms in total. The highest BCUT2D eigenvalue weighted by Crippen LogP contribution is 2.56. The van der Waals surface area contributed by atoms with Gasteiger partial charge in [0.15, 0.2) is 0 Å². The predicted molar refractivity (Wildman–Crippen MR) is 95.8 cm³/mol. The zero-order valence-corrected chi connectivity index (χ0v) is 15.9. The van der Waals surface area contributed by atoms with Crippen molar-refractivity contribution in [3.05, 3.63) is 47.3 Å². The topological polar surface area (TPSA) is 3.24 Å². The quantitative estimate of drug-likeness (QED) is 0.500. The molecule has 2 rings (SSSR count). The number of benzene rings is 1. The van der Waals surface area contributed by atoms with E-state index < -0.39 is 8.41 Å². The average molecular weight is 320 g/mol. The summed E-state index contributed by atoms with van der Waals surface area (Å²) in [6, 6.07) is 10.4. The molecule has 1 aromatic rings. The Kier molecular flexibility index (Phi) is 4.58. The van der Waals surface area contributed by atoms with E-state index in [4.69, 9.17) is 0 Å².